The van der Waals surface area contributed by atoms with Crippen LogP contribution in [-0.4, -0.2) is 46.2 Å². The highest BCUT2D eigenvalue weighted by Crippen LogP contribution is 2.42. The topological polar surface area (TPSA) is 101 Å². The molecule has 0 radical (unpaired) electrons. The Morgan fingerprint density at radius 2 is 1.63 bits per heavy atom. The molecule has 1 heterocycles. The minimum Gasteiger partial charge on any atom is -0.343 e. The number of nitrogens with two attached hydrogens (primary N) is 1. The molecule has 2 aromatic carbocycles. The average Bonchev–Trinajstić information content (AvgIpc) is 3.82. The Morgan fingerprint density at radius 1 is 0.951 bits per heavy atom. The lowest BCUT2D eigenvalue weighted by Gasteiger charge is -2.41. The van der Waals surface area contributed by atoms with E-state index in [9.17, 15) is 14.0 Å². The summed E-state index contributed by atoms with van der Waals surface area (Å²) in [6.07, 6.45) is 6.09. The van der Waals surface area contributed by atoms with Gasteiger partial charge in [-0.05, 0) is 61.6 Å². The Balaban J connectivity index is 1.13. The van der Waals surface area contributed by atoms with Crippen LogP contribution in [0.3, 0.4) is 0 Å². The van der Waals surface area contributed by atoms with Crippen LogP contribution in [0.2, 0.25) is 0 Å². The average molecular weight is 556 g/mol. The summed E-state index contributed by atoms with van der Waals surface area (Å²) < 4.78 is 13.5. The molecule has 3 N–H and O–H groups in total. The SMILES string of the molecule is CN(C(=O)C1CC1)C1CCC(CC(=O)Nc2cc(-c3ccccc3)c(-c3ccc([C@]4(N)C[C@@H](F)C4)cc3)nn2)CC1. The van der Waals surface area contributed by atoms with Gasteiger partial charge in [0.05, 0.1) is 0 Å². The zero-order chi connectivity index (χ0) is 28.6. The lowest BCUT2D eigenvalue weighted by atomic mass is 9.71. The third kappa shape index (κ3) is 6.03. The Hall–Kier alpha value is -3.65. The largest absolute Gasteiger partial charge is 0.343 e. The van der Waals surface area contributed by atoms with E-state index < -0.39 is 11.7 Å². The molecule has 3 fully saturated rings. The van der Waals surface area contributed by atoms with Crippen molar-refractivity contribution in [1.82, 2.24) is 15.1 Å². The lowest BCUT2D eigenvalue weighted by molar-refractivity contribution is -0.134. The predicted octanol–water partition coefficient (Wildman–Crippen LogP) is 5.85. The first kappa shape index (κ1) is 27.5. The van der Waals surface area contributed by atoms with Gasteiger partial charge in [0, 0.05) is 54.9 Å². The molecule has 8 heteroatoms. The van der Waals surface area contributed by atoms with E-state index in [0.717, 1.165) is 60.8 Å². The summed E-state index contributed by atoms with van der Waals surface area (Å²) in [5.41, 5.74) is 10.1. The van der Waals surface area contributed by atoms with Crippen molar-refractivity contribution >= 4 is 17.6 Å². The molecule has 0 unspecified atom stereocenters. The van der Waals surface area contributed by atoms with Crippen molar-refractivity contribution in [2.75, 3.05) is 12.4 Å². The summed E-state index contributed by atoms with van der Waals surface area (Å²) in [7, 11) is 1.93. The molecule has 0 saturated heterocycles. The van der Waals surface area contributed by atoms with Crippen molar-refractivity contribution in [3.05, 3.63) is 66.2 Å². The van der Waals surface area contributed by atoms with Crippen molar-refractivity contribution in [2.24, 2.45) is 17.6 Å². The fraction of sp³-hybridized carbons (Fsp3) is 0.455. The maximum atomic E-state index is 13.5. The molecular formula is C33H38FN5O2. The van der Waals surface area contributed by atoms with Gasteiger partial charge in [-0.1, -0.05) is 54.6 Å². The van der Waals surface area contributed by atoms with Gasteiger partial charge in [-0.3, -0.25) is 9.59 Å². The van der Waals surface area contributed by atoms with E-state index in [-0.39, 0.29) is 23.8 Å². The first-order valence-corrected chi connectivity index (χ1v) is 14.8. The van der Waals surface area contributed by atoms with E-state index in [4.69, 9.17) is 5.73 Å². The Morgan fingerprint density at radius 3 is 2.27 bits per heavy atom. The fourth-order valence-electron chi connectivity index (χ4n) is 6.42. The molecular weight excluding hydrogens is 517 g/mol. The van der Waals surface area contributed by atoms with Crippen molar-refractivity contribution in [3.8, 4) is 22.4 Å². The van der Waals surface area contributed by atoms with Crippen molar-refractivity contribution < 1.29 is 14.0 Å². The number of hydrogen-bond acceptors (Lipinski definition) is 5. The second-order valence-corrected chi connectivity index (χ2v) is 12.2. The molecule has 3 aliphatic carbocycles. The number of carbonyl (C=O) groups excluding carboxylic acids is 2. The molecule has 41 heavy (non-hydrogen) atoms. The third-order valence-electron chi connectivity index (χ3n) is 9.16. The minimum absolute atomic E-state index is 0.0683. The number of aromatic nitrogens is 2. The summed E-state index contributed by atoms with van der Waals surface area (Å²) in [6.45, 7) is 0. The number of hydrogen-bond donors (Lipinski definition) is 2. The fourth-order valence-corrected chi connectivity index (χ4v) is 6.42. The van der Waals surface area contributed by atoms with Crippen LogP contribution >= 0.6 is 0 Å². The van der Waals surface area contributed by atoms with Gasteiger partial charge in [0.1, 0.15) is 11.9 Å². The number of carbonyl (C=O) groups is 2. The number of halogens is 1. The number of alkyl halides is 1. The molecule has 7 nitrogen and oxygen atoms in total. The monoisotopic (exact) mass is 555 g/mol. The zero-order valence-corrected chi connectivity index (χ0v) is 23.6. The van der Waals surface area contributed by atoms with Crippen LogP contribution in [0.15, 0.2) is 60.7 Å². The summed E-state index contributed by atoms with van der Waals surface area (Å²) in [5.74, 6) is 1.18. The molecule has 2 amide bonds. The summed E-state index contributed by atoms with van der Waals surface area (Å²) in [4.78, 5) is 27.4. The van der Waals surface area contributed by atoms with Crippen LogP contribution in [0.1, 0.15) is 63.4 Å². The van der Waals surface area contributed by atoms with Gasteiger partial charge in [-0.25, -0.2) is 4.39 Å². The highest BCUT2D eigenvalue weighted by atomic mass is 19.1. The third-order valence-corrected chi connectivity index (χ3v) is 9.16. The lowest BCUT2D eigenvalue weighted by Crippen LogP contribution is -2.50. The number of nitrogens with zero attached hydrogens (tertiary/aromatic N) is 3. The maximum absolute atomic E-state index is 13.5. The molecule has 3 saturated carbocycles. The van der Waals surface area contributed by atoms with Crippen LogP contribution in [0.25, 0.3) is 22.4 Å². The molecule has 0 aliphatic heterocycles. The van der Waals surface area contributed by atoms with Gasteiger partial charge in [0.25, 0.3) is 0 Å². The van der Waals surface area contributed by atoms with Crippen molar-refractivity contribution in [2.45, 2.75) is 75.5 Å². The molecule has 214 valence electrons. The summed E-state index contributed by atoms with van der Waals surface area (Å²) >= 11 is 0. The van der Waals surface area contributed by atoms with E-state index in [1.165, 1.54) is 0 Å². The molecule has 3 aromatic rings. The molecule has 0 atom stereocenters. The first-order valence-electron chi connectivity index (χ1n) is 14.8. The highest BCUT2D eigenvalue weighted by molar-refractivity contribution is 5.91. The highest BCUT2D eigenvalue weighted by Gasteiger charge is 2.42. The van der Waals surface area contributed by atoms with E-state index in [0.29, 0.717) is 36.7 Å². The van der Waals surface area contributed by atoms with Gasteiger partial charge < -0.3 is 16.0 Å². The van der Waals surface area contributed by atoms with Crippen LogP contribution in [0.4, 0.5) is 10.2 Å². The van der Waals surface area contributed by atoms with E-state index in [1.54, 1.807) is 0 Å². The standard InChI is InChI=1S/C33H38FN5O2/c1-39(32(41)24-9-10-24)27-15-7-21(8-16-27)17-30(40)36-29-18-28(22-5-3-2-4-6-22)31(38-37-29)23-11-13-25(14-12-23)33(35)19-26(34)20-33/h2-6,11-14,18,21,24,26-27H,7-10,15-17,19-20,35H2,1H3,(H,36,37,40)/t21?,26-,27?,33+. The van der Waals surface area contributed by atoms with Crippen molar-refractivity contribution in [3.63, 3.8) is 0 Å². The molecule has 3 aliphatic rings. The van der Waals surface area contributed by atoms with E-state index >= 15 is 0 Å². The van der Waals surface area contributed by atoms with Gasteiger partial charge in [0.2, 0.25) is 11.8 Å². The van der Waals surface area contributed by atoms with Gasteiger partial charge >= 0.3 is 0 Å². The number of amides is 2. The number of benzene rings is 2. The Bertz CT molecular complexity index is 1390. The minimum atomic E-state index is -0.836. The Labute approximate surface area is 240 Å². The van der Waals surface area contributed by atoms with Gasteiger partial charge in [-0.15, -0.1) is 10.2 Å². The van der Waals surface area contributed by atoms with E-state index in [1.807, 2.05) is 72.6 Å². The number of rotatable bonds is 8. The molecule has 0 spiro atoms. The summed E-state index contributed by atoms with van der Waals surface area (Å²) in [5, 5.41) is 11.9. The van der Waals surface area contributed by atoms with Crippen molar-refractivity contribution in [1.29, 1.82) is 0 Å². The normalized spacial score (nSPS) is 25.7. The van der Waals surface area contributed by atoms with Crippen LogP contribution in [0, 0.1) is 11.8 Å². The molecule has 1 aromatic heterocycles. The van der Waals surface area contributed by atoms with Crippen LogP contribution in [-0.2, 0) is 15.1 Å². The number of nitrogens with one attached hydrogen (secondary N) is 1. The zero-order valence-electron chi connectivity index (χ0n) is 23.6. The predicted molar refractivity (Wildman–Crippen MR) is 157 cm³/mol. The van der Waals surface area contributed by atoms with E-state index in [2.05, 4.69) is 15.5 Å². The summed E-state index contributed by atoms with van der Waals surface area (Å²) in [6, 6.07) is 19.9. The quantitative estimate of drug-likeness (QED) is 0.363. The maximum Gasteiger partial charge on any atom is 0.225 e. The first-order chi connectivity index (χ1) is 19.8. The van der Waals surface area contributed by atoms with Crippen LogP contribution < -0.4 is 11.1 Å². The van der Waals surface area contributed by atoms with Gasteiger partial charge in [-0.2, -0.15) is 0 Å². The Kier molecular flexibility index (Phi) is 7.60. The number of anilines is 1. The molecule has 0 bridgehead atoms. The molecule has 6 rings (SSSR count). The van der Waals surface area contributed by atoms with Gasteiger partial charge in [0.15, 0.2) is 5.82 Å². The smallest absolute Gasteiger partial charge is 0.225 e. The van der Waals surface area contributed by atoms with Crippen LogP contribution in [0.5, 0.6) is 0 Å². The second kappa shape index (κ2) is 11.3. The second-order valence-electron chi connectivity index (χ2n) is 12.2.